The number of rotatable bonds is 0. The molecule has 0 aromatic carbocycles. The topological polar surface area (TPSA) is 36.7 Å². The Morgan fingerprint density at radius 1 is 1.36 bits per heavy atom. The van der Waals surface area contributed by atoms with E-state index in [9.17, 15) is 0 Å². The molecule has 0 bridgehead atoms. The molecule has 0 fully saturated rings. The van der Waals surface area contributed by atoms with Crippen LogP contribution in [0.4, 0.5) is 0 Å². The Balaban J connectivity index is 2.52. The fourth-order valence-electron chi connectivity index (χ4n) is 0.705. The van der Waals surface area contributed by atoms with Crippen LogP contribution in [-0.2, 0) is 0 Å². The smallest absolute Gasteiger partial charge is 0.140 e. The molecule has 2 rings (SSSR count). The molecule has 0 N–H and O–H groups in total. The SMILES string of the molecule is N#Cc1snc2c1SC=CS2. The molecule has 11 heavy (non-hydrogen) atoms. The lowest BCUT2D eigenvalue weighted by Gasteiger charge is -1.99. The highest BCUT2D eigenvalue weighted by Gasteiger charge is 2.15. The zero-order chi connectivity index (χ0) is 7.68. The monoisotopic (exact) mass is 198 g/mol. The second-order valence-corrected chi connectivity index (χ2v) is 4.35. The highest BCUT2D eigenvalue weighted by atomic mass is 32.2. The molecule has 0 saturated heterocycles. The number of nitriles is 1. The zero-order valence-electron chi connectivity index (χ0n) is 5.27. The lowest BCUT2D eigenvalue weighted by Crippen LogP contribution is -1.76. The van der Waals surface area contributed by atoms with E-state index in [1.54, 1.807) is 23.5 Å². The van der Waals surface area contributed by atoms with E-state index in [1.807, 2.05) is 10.8 Å². The Morgan fingerprint density at radius 2 is 2.18 bits per heavy atom. The van der Waals surface area contributed by atoms with Crippen LogP contribution in [-0.4, -0.2) is 4.37 Å². The van der Waals surface area contributed by atoms with Gasteiger partial charge in [0.05, 0.1) is 4.90 Å². The number of aromatic nitrogens is 1. The highest BCUT2D eigenvalue weighted by Crippen LogP contribution is 2.40. The van der Waals surface area contributed by atoms with E-state index in [1.165, 1.54) is 11.5 Å². The van der Waals surface area contributed by atoms with Crippen LogP contribution in [0.2, 0.25) is 0 Å². The van der Waals surface area contributed by atoms with Crippen molar-refractivity contribution in [1.29, 1.82) is 5.26 Å². The standard InChI is InChI=1S/C6H2N2S3/c7-3-4-5-6(8-11-4)10-2-1-9-5/h1-2H. The first-order chi connectivity index (χ1) is 5.42. The van der Waals surface area contributed by atoms with Crippen LogP contribution in [0, 0.1) is 11.3 Å². The van der Waals surface area contributed by atoms with Gasteiger partial charge in [0.1, 0.15) is 16.0 Å². The quantitative estimate of drug-likeness (QED) is 0.642. The van der Waals surface area contributed by atoms with Gasteiger partial charge in [0, 0.05) is 0 Å². The summed E-state index contributed by atoms with van der Waals surface area (Å²) < 4.78 is 4.14. The van der Waals surface area contributed by atoms with Crippen LogP contribution in [0.15, 0.2) is 20.7 Å². The molecule has 1 aromatic rings. The molecule has 1 aliphatic heterocycles. The molecule has 1 aliphatic rings. The Labute approximate surface area is 76.5 Å². The van der Waals surface area contributed by atoms with E-state index in [0.29, 0.717) is 0 Å². The van der Waals surface area contributed by atoms with Crippen molar-refractivity contribution in [3.8, 4) is 6.07 Å². The molecule has 0 amide bonds. The van der Waals surface area contributed by atoms with Crippen molar-refractivity contribution in [2.24, 2.45) is 0 Å². The predicted octanol–water partition coefficient (Wildman–Crippen LogP) is 2.68. The van der Waals surface area contributed by atoms with Gasteiger partial charge in [0.25, 0.3) is 0 Å². The average molecular weight is 198 g/mol. The largest absolute Gasteiger partial charge is 0.191 e. The van der Waals surface area contributed by atoms with E-state index in [0.717, 1.165) is 14.8 Å². The van der Waals surface area contributed by atoms with Crippen molar-refractivity contribution in [2.45, 2.75) is 9.92 Å². The molecule has 0 atom stereocenters. The van der Waals surface area contributed by atoms with Crippen molar-refractivity contribution in [3.05, 3.63) is 15.7 Å². The molecule has 0 saturated carbocycles. The van der Waals surface area contributed by atoms with E-state index < -0.39 is 0 Å². The van der Waals surface area contributed by atoms with Gasteiger partial charge in [-0.15, -0.1) is 0 Å². The van der Waals surface area contributed by atoms with Gasteiger partial charge < -0.3 is 0 Å². The van der Waals surface area contributed by atoms with Crippen molar-refractivity contribution in [2.75, 3.05) is 0 Å². The van der Waals surface area contributed by atoms with Gasteiger partial charge in [-0.05, 0) is 22.3 Å². The lowest BCUT2D eigenvalue weighted by atomic mass is 10.5. The predicted molar refractivity (Wildman–Crippen MR) is 47.7 cm³/mol. The number of nitrogens with zero attached hydrogens (tertiary/aromatic N) is 2. The minimum absolute atomic E-state index is 0.724. The third kappa shape index (κ3) is 1.18. The third-order valence-corrected chi connectivity index (χ3v) is 4.14. The molecule has 2 nitrogen and oxygen atoms in total. The van der Waals surface area contributed by atoms with E-state index in [-0.39, 0.29) is 0 Å². The first-order valence-corrected chi connectivity index (χ1v) is 5.33. The van der Waals surface area contributed by atoms with Crippen molar-refractivity contribution in [1.82, 2.24) is 4.37 Å². The summed E-state index contributed by atoms with van der Waals surface area (Å²) in [7, 11) is 0. The van der Waals surface area contributed by atoms with Gasteiger partial charge >= 0.3 is 0 Å². The van der Waals surface area contributed by atoms with Crippen LogP contribution in [0.25, 0.3) is 0 Å². The maximum absolute atomic E-state index is 8.66. The van der Waals surface area contributed by atoms with Crippen molar-refractivity contribution in [3.63, 3.8) is 0 Å². The summed E-state index contributed by atoms with van der Waals surface area (Å²) in [6.07, 6.45) is 0. The molecule has 5 heteroatoms. The number of fused-ring (bicyclic) bond motifs is 1. The lowest BCUT2D eigenvalue weighted by molar-refractivity contribution is 1.16. The maximum atomic E-state index is 8.66. The van der Waals surface area contributed by atoms with Gasteiger partial charge in [0.15, 0.2) is 0 Å². The summed E-state index contributed by atoms with van der Waals surface area (Å²) >= 11 is 4.41. The molecular weight excluding hydrogens is 196 g/mol. The number of thioether (sulfide) groups is 2. The summed E-state index contributed by atoms with van der Waals surface area (Å²) in [5, 5.41) is 13.6. The summed E-state index contributed by atoms with van der Waals surface area (Å²) in [5.41, 5.74) is 0. The normalized spacial score (nSPS) is 14.1. The van der Waals surface area contributed by atoms with Crippen LogP contribution >= 0.6 is 35.1 Å². The molecule has 1 aromatic heterocycles. The van der Waals surface area contributed by atoms with E-state index >= 15 is 0 Å². The van der Waals surface area contributed by atoms with Crippen LogP contribution in [0.5, 0.6) is 0 Å². The molecule has 0 radical (unpaired) electrons. The first kappa shape index (κ1) is 7.22. The molecule has 0 unspecified atom stereocenters. The summed E-state index contributed by atoms with van der Waals surface area (Å²) in [5.74, 6) is 0. The Kier molecular flexibility index (Phi) is 1.90. The van der Waals surface area contributed by atoms with Crippen LogP contribution in [0.1, 0.15) is 4.88 Å². The molecular formula is C6H2N2S3. The van der Waals surface area contributed by atoms with Gasteiger partial charge in [-0.3, -0.25) is 0 Å². The second-order valence-electron chi connectivity index (χ2n) is 1.77. The molecule has 54 valence electrons. The summed E-state index contributed by atoms with van der Waals surface area (Å²) in [6.45, 7) is 0. The number of hydrogen-bond donors (Lipinski definition) is 0. The highest BCUT2D eigenvalue weighted by molar-refractivity contribution is 8.08. The molecule has 0 spiro atoms. The summed E-state index contributed by atoms with van der Waals surface area (Å²) in [6, 6.07) is 2.12. The van der Waals surface area contributed by atoms with Crippen LogP contribution in [0.3, 0.4) is 0 Å². The minimum atomic E-state index is 0.724. The van der Waals surface area contributed by atoms with Gasteiger partial charge in [-0.2, -0.15) is 9.64 Å². The summed E-state index contributed by atoms with van der Waals surface area (Å²) in [4.78, 5) is 1.74. The molecule has 2 heterocycles. The fourth-order valence-corrected chi connectivity index (χ4v) is 3.36. The molecule has 0 aliphatic carbocycles. The van der Waals surface area contributed by atoms with E-state index in [4.69, 9.17) is 5.26 Å². The van der Waals surface area contributed by atoms with Crippen molar-refractivity contribution >= 4 is 35.1 Å². The van der Waals surface area contributed by atoms with E-state index in [2.05, 4.69) is 10.4 Å². The van der Waals surface area contributed by atoms with Gasteiger partial charge in [-0.1, -0.05) is 23.5 Å². The second kappa shape index (κ2) is 2.89. The van der Waals surface area contributed by atoms with Crippen molar-refractivity contribution < 1.29 is 0 Å². The maximum Gasteiger partial charge on any atom is 0.140 e. The van der Waals surface area contributed by atoms with Crippen LogP contribution < -0.4 is 0 Å². The Bertz CT molecular complexity index is 347. The van der Waals surface area contributed by atoms with Gasteiger partial charge in [-0.25, -0.2) is 0 Å². The van der Waals surface area contributed by atoms with Gasteiger partial charge in [0.2, 0.25) is 0 Å². The Hall–Kier alpha value is -0.440. The zero-order valence-corrected chi connectivity index (χ0v) is 7.72. The first-order valence-electron chi connectivity index (χ1n) is 2.80. The fraction of sp³-hybridized carbons (Fsp3) is 0. The number of hydrogen-bond acceptors (Lipinski definition) is 5. The average Bonchev–Trinajstić information content (AvgIpc) is 2.47. The minimum Gasteiger partial charge on any atom is -0.191 e. The Morgan fingerprint density at radius 3 is 3.00 bits per heavy atom. The third-order valence-electron chi connectivity index (χ3n) is 1.14.